The van der Waals surface area contributed by atoms with Crippen molar-refractivity contribution in [3.63, 3.8) is 0 Å². The summed E-state index contributed by atoms with van der Waals surface area (Å²) in [6.07, 6.45) is -0.452. The maximum Gasteiger partial charge on any atom is 0.306 e. The topological polar surface area (TPSA) is 107 Å². The highest BCUT2D eigenvalue weighted by atomic mass is 16.6. The number of carbonyl (C=O) groups is 1. The van der Waals surface area contributed by atoms with Crippen LogP contribution in [0, 0.1) is 17.3 Å². The van der Waals surface area contributed by atoms with E-state index < -0.39 is 39.9 Å². The second-order valence-corrected chi connectivity index (χ2v) is 9.61. The van der Waals surface area contributed by atoms with Crippen LogP contribution in [0.1, 0.15) is 60.3 Å². The zero-order chi connectivity index (χ0) is 19.5. The summed E-state index contributed by atoms with van der Waals surface area (Å²) >= 11 is 0. The first kappa shape index (κ1) is 18.4. The Kier molecular flexibility index (Phi) is 3.34. The SMILES string of the molecule is CC1=C(C(C)C)C[C@@]2(O)[C@@]3(C)CC(=O)O[C@H]4[C@@H](C)CC[C@]3(O)[C@@]4(O)[C@@]12O. The van der Waals surface area contributed by atoms with Crippen LogP contribution in [0.3, 0.4) is 0 Å². The van der Waals surface area contributed by atoms with E-state index >= 15 is 0 Å². The van der Waals surface area contributed by atoms with Gasteiger partial charge in [0.25, 0.3) is 0 Å². The molecule has 0 spiro atoms. The van der Waals surface area contributed by atoms with Gasteiger partial charge in [0.15, 0.2) is 11.2 Å². The molecule has 0 unspecified atom stereocenters. The average Bonchev–Trinajstić information content (AvgIpc) is 2.79. The van der Waals surface area contributed by atoms with Gasteiger partial charge in [-0.25, -0.2) is 0 Å². The van der Waals surface area contributed by atoms with Gasteiger partial charge >= 0.3 is 5.97 Å². The fourth-order valence-electron chi connectivity index (χ4n) is 6.85. The van der Waals surface area contributed by atoms with Crippen LogP contribution in [0.15, 0.2) is 11.1 Å². The molecule has 26 heavy (non-hydrogen) atoms. The number of carbonyl (C=O) groups excluding carboxylic acids is 1. The van der Waals surface area contributed by atoms with Gasteiger partial charge in [-0.2, -0.15) is 0 Å². The average molecular weight is 366 g/mol. The highest BCUT2D eigenvalue weighted by Crippen LogP contribution is 2.75. The van der Waals surface area contributed by atoms with Gasteiger partial charge in [0.1, 0.15) is 17.3 Å². The molecule has 0 radical (unpaired) electrons. The van der Waals surface area contributed by atoms with E-state index in [1.54, 1.807) is 13.8 Å². The molecule has 3 fully saturated rings. The smallest absolute Gasteiger partial charge is 0.306 e. The maximum atomic E-state index is 12.5. The summed E-state index contributed by atoms with van der Waals surface area (Å²) in [7, 11) is 0. The monoisotopic (exact) mass is 366 g/mol. The van der Waals surface area contributed by atoms with Crippen LogP contribution in [0.5, 0.6) is 0 Å². The van der Waals surface area contributed by atoms with Gasteiger partial charge in [0.2, 0.25) is 0 Å². The molecule has 6 nitrogen and oxygen atoms in total. The third-order valence-corrected chi connectivity index (χ3v) is 8.42. The molecule has 6 heteroatoms. The lowest BCUT2D eigenvalue weighted by atomic mass is 9.57. The molecular weight excluding hydrogens is 336 g/mol. The summed E-state index contributed by atoms with van der Waals surface area (Å²) in [4.78, 5) is 12.5. The summed E-state index contributed by atoms with van der Waals surface area (Å²) in [6.45, 7) is 9.13. The quantitative estimate of drug-likeness (QED) is 0.408. The van der Waals surface area contributed by atoms with E-state index in [9.17, 15) is 25.2 Å². The third kappa shape index (κ3) is 1.45. The summed E-state index contributed by atoms with van der Waals surface area (Å²) in [6, 6.07) is 0. The summed E-state index contributed by atoms with van der Waals surface area (Å²) in [5.74, 6) is -0.730. The van der Waals surface area contributed by atoms with Crippen molar-refractivity contribution in [3.8, 4) is 0 Å². The van der Waals surface area contributed by atoms with Crippen LogP contribution < -0.4 is 0 Å². The number of aliphatic hydroxyl groups is 4. The van der Waals surface area contributed by atoms with E-state index in [1.807, 2.05) is 20.8 Å². The normalized spacial score (nSPS) is 55.8. The van der Waals surface area contributed by atoms with Gasteiger partial charge in [-0.15, -0.1) is 0 Å². The molecule has 0 aromatic heterocycles. The van der Waals surface area contributed by atoms with E-state index in [-0.39, 0.29) is 31.1 Å². The van der Waals surface area contributed by atoms with Gasteiger partial charge in [-0.1, -0.05) is 33.3 Å². The van der Waals surface area contributed by atoms with Gasteiger partial charge in [-0.3, -0.25) is 4.79 Å². The van der Waals surface area contributed by atoms with E-state index in [0.717, 1.165) is 5.57 Å². The predicted molar refractivity (Wildman–Crippen MR) is 93.0 cm³/mol. The Morgan fingerprint density at radius 2 is 1.73 bits per heavy atom. The Labute approximate surface area is 153 Å². The van der Waals surface area contributed by atoms with Gasteiger partial charge in [0.05, 0.1) is 6.42 Å². The molecule has 1 heterocycles. The third-order valence-electron chi connectivity index (χ3n) is 8.42. The highest BCUT2D eigenvalue weighted by Gasteiger charge is 2.92. The highest BCUT2D eigenvalue weighted by molar-refractivity contribution is 5.74. The van der Waals surface area contributed by atoms with Crippen molar-refractivity contribution < 1.29 is 30.0 Å². The predicted octanol–water partition coefficient (Wildman–Crippen LogP) is 1.05. The molecule has 1 saturated heterocycles. The second kappa shape index (κ2) is 4.72. The lowest BCUT2D eigenvalue weighted by molar-refractivity contribution is -0.283. The number of esters is 1. The lowest BCUT2D eigenvalue weighted by Gasteiger charge is -2.54. The Morgan fingerprint density at radius 1 is 1.12 bits per heavy atom. The van der Waals surface area contributed by atoms with Crippen LogP contribution in [-0.4, -0.2) is 54.9 Å². The molecular formula is C20H30O6. The molecule has 7 atom stereocenters. The molecule has 4 aliphatic rings. The minimum absolute atomic E-state index is 0.0615. The minimum Gasteiger partial charge on any atom is -0.459 e. The molecule has 0 amide bonds. The Balaban J connectivity index is 2.10. The maximum absolute atomic E-state index is 12.5. The fraction of sp³-hybridized carbons (Fsp3) is 0.850. The fourth-order valence-corrected chi connectivity index (χ4v) is 6.85. The second-order valence-electron chi connectivity index (χ2n) is 9.61. The zero-order valence-corrected chi connectivity index (χ0v) is 16.2. The number of rotatable bonds is 1. The van der Waals surface area contributed by atoms with Crippen molar-refractivity contribution in [2.45, 2.75) is 88.8 Å². The van der Waals surface area contributed by atoms with Crippen molar-refractivity contribution in [2.75, 3.05) is 0 Å². The van der Waals surface area contributed by atoms with Crippen LogP contribution >= 0.6 is 0 Å². The summed E-state index contributed by atoms with van der Waals surface area (Å²) in [5.41, 5.74) is -7.95. The van der Waals surface area contributed by atoms with Crippen LogP contribution in [0.4, 0.5) is 0 Å². The van der Waals surface area contributed by atoms with E-state index in [4.69, 9.17) is 4.74 Å². The van der Waals surface area contributed by atoms with E-state index in [2.05, 4.69) is 0 Å². The summed E-state index contributed by atoms with van der Waals surface area (Å²) in [5, 5.41) is 47.6. The first-order valence-corrected chi connectivity index (χ1v) is 9.61. The lowest BCUT2D eigenvalue weighted by Crippen LogP contribution is -2.74. The van der Waals surface area contributed by atoms with Crippen LogP contribution in [0.25, 0.3) is 0 Å². The van der Waals surface area contributed by atoms with E-state index in [1.165, 1.54) is 0 Å². The Hall–Kier alpha value is -0.950. The molecule has 1 aliphatic heterocycles. The molecule has 0 aromatic carbocycles. The van der Waals surface area contributed by atoms with Crippen molar-refractivity contribution in [2.24, 2.45) is 17.3 Å². The molecule has 4 rings (SSSR count). The van der Waals surface area contributed by atoms with Crippen LogP contribution in [0.2, 0.25) is 0 Å². The molecule has 0 aromatic rings. The minimum atomic E-state index is -2.16. The van der Waals surface area contributed by atoms with Crippen molar-refractivity contribution in [1.82, 2.24) is 0 Å². The first-order valence-electron chi connectivity index (χ1n) is 9.61. The molecule has 4 bridgehead atoms. The Morgan fingerprint density at radius 3 is 2.31 bits per heavy atom. The number of ether oxygens (including phenoxy) is 1. The standard InChI is InChI=1S/C20H30O6/c1-10(2)13-8-18(23)16(5)9-14(21)26-15-11(3)6-7-17(16,22)20(15,25)19(18,24)12(13)4/h10-11,15,22-25H,6-9H2,1-5H3/t11-,15-,16-,17+,18+,19+,20+/m0/s1. The van der Waals surface area contributed by atoms with E-state index in [0.29, 0.717) is 12.0 Å². The van der Waals surface area contributed by atoms with Crippen molar-refractivity contribution in [1.29, 1.82) is 0 Å². The van der Waals surface area contributed by atoms with Gasteiger partial charge < -0.3 is 25.2 Å². The largest absolute Gasteiger partial charge is 0.459 e. The molecule has 4 N–H and O–H groups in total. The number of fused-ring (bicyclic) bond motifs is 2. The first-order chi connectivity index (χ1) is 11.8. The zero-order valence-electron chi connectivity index (χ0n) is 16.2. The summed E-state index contributed by atoms with van der Waals surface area (Å²) < 4.78 is 5.58. The molecule has 146 valence electrons. The van der Waals surface area contributed by atoms with Gasteiger partial charge in [0, 0.05) is 11.8 Å². The molecule has 3 aliphatic carbocycles. The van der Waals surface area contributed by atoms with Crippen molar-refractivity contribution >= 4 is 5.97 Å². The Bertz CT molecular complexity index is 730. The van der Waals surface area contributed by atoms with Crippen molar-refractivity contribution in [3.05, 3.63) is 11.1 Å². The number of hydrogen-bond donors (Lipinski definition) is 4. The van der Waals surface area contributed by atoms with Crippen LogP contribution in [-0.2, 0) is 9.53 Å². The van der Waals surface area contributed by atoms with Gasteiger partial charge in [-0.05, 0) is 37.2 Å². The molecule has 2 saturated carbocycles. The number of hydrogen-bond acceptors (Lipinski definition) is 6.